The monoisotopic (exact) mass is 246 g/mol. The molecule has 2 rings (SSSR count). The van der Waals surface area contributed by atoms with E-state index in [2.05, 4.69) is 36.5 Å². The van der Waals surface area contributed by atoms with E-state index in [4.69, 9.17) is 0 Å². The van der Waals surface area contributed by atoms with Crippen LogP contribution in [0.3, 0.4) is 0 Å². The highest BCUT2D eigenvalue weighted by molar-refractivity contribution is 5.73. The Morgan fingerprint density at radius 1 is 1.28 bits per heavy atom. The zero-order valence-corrected chi connectivity index (χ0v) is 11.3. The van der Waals surface area contributed by atoms with E-state index in [9.17, 15) is 4.79 Å². The zero-order valence-electron chi connectivity index (χ0n) is 11.3. The van der Waals surface area contributed by atoms with Gasteiger partial charge in [-0.3, -0.25) is 4.79 Å². The quantitative estimate of drug-likeness (QED) is 0.889. The van der Waals surface area contributed by atoms with Gasteiger partial charge in [0.1, 0.15) is 0 Å². The SMILES string of the molecule is CCc1ccc(NC2CCN(C(C)=O)CC2)cc1. The first kappa shape index (κ1) is 12.9. The van der Waals surface area contributed by atoms with Crippen molar-refractivity contribution >= 4 is 11.6 Å². The summed E-state index contributed by atoms with van der Waals surface area (Å²) < 4.78 is 0. The molecule has 1 fully saturated rings. The van der Waals surface area contributed by atoms with Crippen LogP contribution in [-0.4, -0.2) is 29.9 Å². The van der Waals surface area contributed by atoms with Gasteiger partial charge in [-0.1, -0.05) is 19.1 Å². The number of hydrogen-bond donors (Lipinski definition) is 1. The number of carbonyl (C=O) groups excluding carboxylic acids is 1. The molecule has 0 bridgehead atoms. The van der Waals surface area contributed by atoms with Gasteiger partial charge in [-0.2, -0.15) is 0 Å². The number of nitrogens with zero attached hydrogens (tertiary/aromatic N) is 1. The van der Waals surface area contributed by atoms with Crippen LogP contribution < -0.4 is 5.32 Å². The molecule has 1 saturated heterocycles. The van der Waals surface area contributed by atoms with Crippen molar-refractivity contribution in [1.82, 2.24) is 4.90 Å². The molecule has 18 heavy (non-hydrogen) atoms. The first-order valence-electron chi connectivity index (χ1n) is 6.80. The smallest absolute Gasteiger partial charge is 0.219 e. The van der Waals surface area contributed by atoms with Crippen LogP contribution in [0.1, 0.15) is 32.3 Å². The van der Waals surface area contributed by atoms with Crippen molar-refractivity contribution in [2.45, 2.75) is 39.2 Å². The lowest BCUT2D eigenvalue weighted by Gasteiger charge is -2.32. The van der Waals surface area contributed by atoms with Crippen molar-refractivity contribution < 1.29 is 4.79 Å². The Hall–Kier alpha value is -1.51. The van der Waals surface area contributed by atoms with Crippen LogP contribution in [0.4, 0.5) is 5.69 Å². The average molecular weight is 246 g/mol. The number of rotatable bonds is 3. The minimum atomic E-state index is 0.195. The predicted molar refractivity (Wildman–Crippen MR) is 74.7 cm³/mol. The average Bonchev–Trinajstić information content (AvgIpc) is 2.40. The van der Waals surface area contributed by atoms with Crippen LogP contribution in [0.15, 0.2) is 24.3 Å². The second-order valence-corrected chi connectivity index (χ2v) is 4.98. The molecule has 0 aromatic heterocycles. The van der Waals surface area contributed by atoms with Crippen molar-refractivity contribution in [2.24, 2.45) is 0 Å². The van der Waals surface area contributed by atoms with Crippen molar-refractivity contribution in [3.63, 3.8) is 0 Å². The fourth-order valence-electron chi connectivity index (χ4n) is 2.41. The van der Waals surface area contributed by atoms with Gasteiger partial charge < -0.3 is 10.2 Å². The third kappa shape index (κ3) is 3.25. The molecule has 0 aliphatic carbocycles. The molecule has 0 atom stereocenters. The molecule has 0 spiro atoms. The van der Waals surface area contributed by atoms with Crippen LogP contribution in [0, 0.1) is 0 Å². The van der Waals surface area contributed by atoms with E-state index in [0.717, 1.165) is 32.4 Å². The molecule has 0 saturated carbocycles. The van der Waals surface area contributed by atoms with Crippen LogP contribution in [0.2, 0.25) is 0 Å². The first-order valence-corrected chi connectivity index (χ1v) is 6.80. The number of benzene rings is 1. The highest BCUT2D eigenvalue weighted by atomic mass is 16.2. The Balaban J connectivity index is 1.85. The van der Waals surface area contributed by atoms with E-state index >= 15 is 0 Å². The number of nitrogens with one attached hydrogen (secondary N) is 1. The molecule has 98 valence electrons. The Morgan fingerprint density at radius 2 is 1.89 bits per heavy atom. The molecule has 0 unspecified atom stereocenters. The molecule has 0 radical (unpaired) electrons. The van der Waals surface area contributed by atoms with Gasteiger partial charge in [0.15, 0.2) is 0 Å². The van der Waals surface area contributed by atoms with Gasteiger partial charge in [0, 0.05) is 31.7 Å². The van der Waals surface area contributed by atoms with Crippen LogP contribution in [0.25, 0.3) is 0 Å². The third-order valence-corrected chi connectivity index (χ3v) is 3.67. The normalized spacial score (nSPS) is 16.7. The summed E-state index contributed by atoms with van der Waals surface area (Å²) in [5.41, 5.74) is 2.56. The zero-order chi connectivity index (χ0) is 13.0. The Morgan fingerprint density at radius 3 is 2.39 bits per heavy atom. The van der Waals surface area contributed by atoms with Crippen LogP contribution >= 0.6 is 0 Å². The number of carbonyl (C=O) groups is 1. The summed E-state index contributed by atoms with van der Waals surface area (Å²) in [4.78, 5) is 13.2. The van der Waals surface area contributed by atoms with Gasteiger partial charge in [0.05, 0.1) is 0 Å². The molecule has 1 N–H and O–H groups in total. The predicted octanol–water partition coefficient (Wildman–Crippen LogP) is 2.67. The van der Waals surface area contributed by atoms with Crippen LogP contribution in [0.5, 0.6) is 0 Å². The standard InChI is InChI=1S/C15H22N2O/c1-3-13-4-6-14(7-5-13)16-15-8-10-17(11-9-15)12(2)18/h4-7,15-16H,3,8-11H2,1-2H3. The number of likely N-dealkylation sites (tertiary alicyclic amines) is 1. The molecule has 1 aromatic carbocycles. The molecule has 1 aliphatic rings. The summed E-state index contributed by atoms with van der Waals surface area (Å²) in [7, 11) is 0. The van der Waals surface area contributed by atoms with E-state index in [0.29, 0.717) is 6.04 Å². The highest BCUT2D eigenvalue weighted by Gasteiger charge is 2.20. The second kappa shape index (κ2) is 5.89. The van der Waals surface area contributed by atoms with Gasteiger partial charge >= 0.3 is 0 Å². The van der Waals surface area contributed by atoms with Crippen molar-refractivity contribution in [2.75, 3.05) is 18.4 Å². The summed E-state index contributed by atoms with van der Waals surface area (Å²) in [6.45, 7) is 5.57. The number of aryl methyl sites for hydroxylation is 1. The lowest BCUT2D eigenvalue weighted by Crippen LogP contribution is -2.41. The summed E-state index contributed by atoms with van der Waals surface area (Å²) in [6, 6.07) is 9.14. The van der Waals surface area contributed by atoms with E-state index < -0.39 is 0 Å². The van der Waals surface area contributed by atoms with E-state index in [1.54, 1.807) is 6.92 Å². The number of hydrogen-bond acceptors (Lipinski definition) is 2. The molecule has 1 aliphatic heterocycles. The maximum absolute atomic E-state index is 11.2. The van der Waals surface area contributed by atoms with Crippen molar-refractivity contribution in [1.29, 1.82) is 0 Å². The van der Waals surface area contributed by atoms with Gasteiger partial charge in [-0.05, 0) is 37.0 Å². The minimum absolute atomic E-state index is 0.195. The van der Waals surface area contributed by atoms with Gasteiger partial charge in [-0.15, -0.1) is 0 Å². The molecule has 1 amide bonds. The molecular weight excluding hydrogens is 224 g/mol. The minimum Gasteiger partial charge on any atom is -0.382 e. The lowest BCUT2D eigenvalue weighted by atomic mass is 10.0. The second-order valence-electron chi connectivity index (χ2n) is 4.98. The summed E-state index contributed by atoms with van der Waals surface area (Å²) in [6.07, 6.45) is 3.15. The fourth-order valence-corrected chi connectivity index (χ4v) is 2.41. The van der Waals surface area contributed by atoms with E-state index in [-0.39, 0.29) is 5.91 Å². The van der Waals surface area contributed by atoms with Crippen molar-refractivity contribution in [3.05, 3.63) is 29.8 Å². The van der Waals surface area contributed by atoms with Gasteiger partial charge in [-0.25, -0.2) is 0 Å². The van der Waals surface area contributed by atoms with Gasteiger partial charge in [0.25, 0.3) is 0 Å². The molecule has 3 heteroatoms. The topological polar surface area (TPSA) is 32.3 Å². The number of amides is 1. The summed E-state index contributed by atoms with van der Waals surface area (Å²) in [5, 5.41) is 3.55. The van der Waals surface area contributed by atoms with Crippen LogP contribution in [-0.2, 0) is 11.2 Å². The molecular formula is C15H22N2O. The Bertz CT molecular complexity index is 391. The summed E-state index contributed by atoms with van der Waals surface area (Å²) in [5.74, 6) is 0.195. The largest absolute Gasteiger partial charge is 0.382 e. The third-order valence-electron chi connectivity index (χ3n) is 3.67. The van der Waals surface area contributed by atoms with E-state index in [1.807, 2.05) is 4.90 Å². The fraction of sp³-hybridized carbons (Fsp3) is 0.533. The molecule has 3 nitrogen and oxygen atoms in total. The molecule has 1 aromatic rings. The summed E-state index contributed by atoms with van der Waals surface area (Å²) >= 11 is 0. The Labute approximate surface area is 109 Å². The first-order chi connectivity index (χ1) is 8.69. The maximum atomic E-state index is 11.2. The lowest BCUT2D eigenvalue weighted by molar-refractivity contribution is -0.129. The molecule has 1 heterocycles. The number of anilines is 1. The van der Waals surface area contributed by atoms with Crippen molar-refractivity contribution in [3.8, 4) is 0 Å². The number of piperidine rings is 1. The van der Waals surface area contributed by atoms with Gasteiger partial charge in [0.2, 0.25) is 5.91 Å². The Kier molecular flexibility index (Phi) is 4.24. The highest BCUT2D eigenvalue weighted by Crippen LogP contribution is 2.17. The van der Waals surface area contributed by atoms with E-state index in [1.165, 1.54) is 11.3 Å². The maximum Gasteiger partial charge on any atom is 0.219 e.